The van der Waals surface area contributed by atoms with Crippen molar-refractivity contribution < 1.29 is 9.53 Å². The number of ether oxygens (including phenoxy) is 1. The Morgan fingerprint density at radius 2 is 1.88 bits per heavy atom. The van der Waals surface area contributed by atoms with Gasteiger partial charge >= 0.3 is 5.97 Å². The molecule has 3 heteroatoms. The third-order valence-electron chi connectivity index (χ3n) is 2.47. The maximum absolute atomic E-state index is 11.2. The van der Waals surface area contributed by atoms with Crippen LogP contribution in [0.2, 0.25) is 0 Å². The van der Waals surface area contributed by atoms with Crippen LogP contribution in [-0.4, -0.2) is 17.5 Å². The molecule has 1 aromatic rings. The van der Waals surface area contributed by atoms with Gasteiger partial charge in [-0.3, -0.25) is 0 Å². The number of halogens is 1. The second kappa shape index (κ2) is 7.65. The number of unbranched alkanes of at least 4 members (excludes halogenated alkanes) is 2. The fourth-order valence-corrected chi connectivity index (χ4v) is 2.07. The molecule has 0 amide bonds. The largest absolute Gasteiger partial charge is 0.465 e. The number of aryl methyl sites for hydroxylation is 1. The van der Waals surface area contributed by atoms with Gasteiger partial charge in [-0.05, 0) is 41.4 Å². The van der Waals surface area contributed by atoms with Crippen molar-refractivity contribution in [2.24, 2.45) is 0 Å². The Balaban J connectivity index is 2.42. The van der Waals surface area contributed by atoms with Gasteiger partial charge in [0.05, 0.1) is 12.7 Å². The zero-order chi connectivity index (χ0) is 11.8. The van der Waals surface area contributed by atoms with Crippen LogP contribution in [0.25, 0.3) is 0 Å². The van der Waals surface area contributed by atoms with E-state index in [9.17, 15) is 4.79 Å². The molecule has 88 valence electrons. The third kappa shape index (κ3) is 4.51. The second-order valence-corrected chi connectivity index (χ2v) is 4.77. The highest BCUT2D eigenvalue weighted by atomic mass is 127. The van der Waals surface area contributed by atoms with Crippen molar-refractivity contribution in [3.8, 4) is 0 Å². The lowest BCUT2D eigenvalue weighted by Crippen LogP contribution is -2.00. The zero-order valence-corrected chi connectivity index (χ0v) is 11.7. The van der Waals surface area contributed by atoms with Gasteiger partial charge in [-0.2, -0.15) is 0 Å². The van der Waals surface area contributed by atoms with E-state index in [0.29, 0.717) is 5.56 Å². The Bertz CT molecular complexity index is 319. The SMILES string of the molecule is COC(=O)c1ccc(CCCCCI)cc1. The van der Waals surface area contributed by atoms with Crippen molar-refractivity contribution in [1.29, 1.82) is 0 Å². The summed E-state index contributed by atoms with van der Waals surface area (Å²) < 4.78 is 5.88. The zero-order valence-electron chi connectivity index (χ0n) is 9.54. The number of benzene rings is 1. The Morgan fingerprint density at radius 3 is 2.44 bits per heavy atom. The Kier molecular flexibility index (Phi) is 6.45. The number of rotatable bonds is 6. The first-order valence-corrected chi connectivity index (χ1v) is 7.03. The van der Waals surface area contributed by atoms with Gasteiger partial charge in [-0.15, -0.1) is 0 Å². The van der Waals surface area contributed by atoms with E-state index in [-0.39, 0.29) is 5.97 Å². The number of carbonyl (C=O) groups is 1. The molecule has 1 aromatic carbocycles. The molecule has 1 rings (SSSR count). The third-order valence-corrected chi connectivity index (χ3v) is 3.24. The molecule has 0 saturated carbocycles. The Labute approximate surface area is 111 Å². The van der Waals surface area contributed by atoms with Gasteiger partial charge in [-0.25, -0.2) is 4.79 Å². The molecule has 0 heterocycles. The lowest BCUT2D eigenvalue weighted by atomic mass is 10.1. The van der Waals surface area contributed by atoms with Gasteiger partial charge < -0.3 is 4.74 Å². The number of carbonyl (C=O) groups excluding carboxylic acids is 1. The van der Waals surface area contributed by atoms with E-state index in [1.165, 1.54) is 36.4 Å². The normalized spacial score (nSPS) is 10.1. The topological polar surface area (TPSA) is 26.3 Å². The van der Waals surface area contributed by atoms with Gasteiger partial charge in [0.1, 0.15) is 0 Å². The van der Waals surface area contributed by atoms with Crippen molar-refractivity contribution in [2.75, 3.05) is 11.5 Å². The van der Waals surface area contributed by atoms with Crippen molar-refractivity contribution in [1.82, 2.24) is 0 Å². The van der Waals surface area contributed by atoms with E-state index in [4.69, 9.17) is 0 Å². The molecule has 0 spiro atoms. The molecule has 0 bridgehead atoms. The minimum absolute atomic E-state index is 0.267. The summed E-state index contributed by atoms with van der Waals surface area (Å²) in [5.74, 6) is -0.267. The van der Waals surface area contributed by atoms with Crippen LogP contribution in [0.4, 0.5) is 0 Å². The molecular weight excluding hydrogens is 315 g/mol. The van der Waals surface area contributed by atoms with E-state index in [2.05, 4.69) is 27.3 Å². The number of esters is 1. The van der Waals surface area contributed by atoms with Crippen molar-refractivity contribution >= 4 is 28.6 Å². The van der Waals surface area contributed by atoms with Crippen LogP contribution in [0.15, 0.2) is 24.3 Å². The van der Waals surface area contributed by atoms with Crippen LogP contribution in [0.5, 0.6) is 0 Å². The summed E-state index contributed by atoms with van der Waals surface area (Å²) in [5.41, 5.74) is 1.92. The molecule has 0 N–H and O–H groups in total. The summed E-state index contributed by atoms with van der Waals surface area (Å²) in [6.07, 6.45) is 4.89. The lowest BCUT2D eigenvalue weighted by Gasteiger charge is -2.02. The van der Waals surface area contributed by atoms with E-state index in [1.54, 1.807) is 0 Å². The average molecular weight is 332 g/mol. The van der Waals surface area contributed by atoms with Crippen LogP contribution < -0.4 is 0 Å². The molecule has 2 nitrogen and oxygen atoms in total. The fraction of sp³-hybridized carbons (Fsp3) is 0.462. The van der Waals surface area contributed by atoms with E-state index in [0.717, 1.165) is 6.42 Å². The standard InChI is InChI=1S/C13H17IO2/c1-16-13(15)12-8-6-11(7-9-12)5-3-2-4-10-14/h6-9H,2-5,10H2,1H3. The van der Waals surface area contributed by atoms with Gasteiger partial charge in [0.2, 0.25) is 0 Å². The summed E-state index contributed by atoms with van der Waals surface area (Å²) in [6.45, 7) is 0. The lowest BCUT2D eigenvalue weighted by molar-refractivity contribution is 0.0600. The number of methoxy groups -OCH3 is 1. The van der Waals surface area contributed by atoms with Crippen molar-refractivity contribution in [3.05, 3.63) is 35.4 Å². The monoisotopic (exact) mass is 332 g/mol. The van der Waals surface area contributed by atoms with Crippen LogP contribution in [-0.2, 0) is 11.2 Å². The first kappa shape index (κ1) is 13.5. The Morgan fingerprint density at radius 1 is 1.19 bits per heavy atom. The molecule has 0 aliphatic heterocycles. The molecular formula is C13H17IO2. The summed E-state index contributed by atoms with van der Waals surface area (Å²) in [4.78, 5) is 11.2. The Hall–Kier alpha value is -0.580. The maximum Gasteiger partial charge on any atom is 0.337 e. The first-order valence-electron chi connectivity index (χ1n) is 5.51. The van der Waals surface area contributed by atoms with Crippen LogP contribution in [0.1, 0.15) is 35.2 Å². The van der Waals surface area contributed by atoms with Crippen LogP contribution in [0, 0.1) is 0 Å². The summed E-state index contributed by atoms with van der Waals surface area (Å²) in [5, 5.41) is 0. The highest BCUT2D eigenvalue weighted by Crippen LogP contribution is 2.10. The number of alkyl halides is 1. The van der Waals surface area contributed by atoms with E-state index < -0.39 is 0 Å². The average Bonchev–Trinajstić information content (AvgIpc) is 2.34. The number of hydrogen-bond donors (Lipinski definition) is 0. The highest BCUT2D eigenvalue weighted by Gasteiger charge is 2.03. The van der Waals surface area contributed by atoms with E-state index >= 15 is 0 Å². The fourth-order valence-electron chi connectivity index (χ4n) is 1.53. The molecule has 16 heavy (non-hydrogen) atoms. The quantitative estimate of drug-likeness (QED) is 0.344. The van der Waals surface area contributed by atoms with Crippen molar-refractivity contribution in [2.45, 2.75) is 25.7 Å². The summed E-state index contributed by atoms with van der Waals surface area (Å²) in [6, 6.07) is 7.69. The van der Waals surface area contributed by atoms with Gasteiger partial charge in [0, 0.05) is 0 Å². The smallest absolute Gasteiger partial charge is 0.337 e. The predicted molar refractivity (Wildman–Crippen MR) is 74.2 cm³/mol. The molecule has 0 fully saturated rings. The molecule has 0 aliphatic carbocycles. The molecule has 0 aromatic heterocycles. The number of hydrogen-bond acceptors (Lipinski definition) is 2. The minimum atomic E-state index is -0.267. The van der Waals surface area contributed by atoms with Gasteiger partial charge in [0.25, 0.3) is 0 Å². The first-order chi connectivity index (χ1) is 7.77. The molecule has 0 saturated heterocycles. The van der Waals surface area contributed by atoms with Gasteiger partial charge in [0.15, 0.2) is 0 Å². The molecule has 0 radical (unpaired) electrons. The van der Waals surface area contributed by atoms with E-state index in [1.807, 2.05) is 24.3 Å². The minimum Gasteiger partial charge on any atom is -0.465 e. The second-order valence-electron chi connectivity index (χ2n) is 3.69. The predicted octanol–water partition coefficient (Wildman–Crippen LogP) is 3.62. The maximum atomic E-state index is 11.2. The van der Waals surface area contributed by atoms with Crippen LogP contribution >= 0.6 is 22.6 Å². The van der Waals surface area contributed by atoms with Crippen LogP contribution in [0.3, 0.4) is 0 Å². The molecule has 0 unspecified atom stereocenters. The van der Waals surface area contributed by atoms with Gasteiger partial charge in [-0.1, -0.05) is 41.1 Å². The summed E-state index contributed by atoms with van der Waals surface area (Å²) >= 11 is 2.41. The summed E-state index contributed by atoms with van der Waals surface area (Å²) in [7, 11) is 1.40. The molecule has 0 atom stereocenters. The highest BCUT2D eigenvalue weighted by molar-refractivity contribution is 14.1. The molecule has 0 aliphatic rings. The van der Waals surface area contributed by atoms with Crippen molar-refractivity contribution in [3.63, 3.8) is 0 Å².